The van der Waals surface area contributed by atoms with Gasteiger partial charge >= 0.3 is 0 Å². The lowest BCUT2D eigenvalue weighted by Crippen LogP contribution is -2.14. The number of benzene rings is 2. The molecule has 2 N–H and O–H groups in total. The number of carbonyl (C=O) groups excluding carboxylic acids is 2. The van der Waals surface area contributed by atoms with Gasteiger partial charge in [0.25, 0.3) is 11.8 Å². The van der Waals surface area contributed by atoms with Gasteiger partial charge in [0.2, 0.25) is 0 Å². The summed E-state index contributed by atoms with van der Waals surface area (Å²) in [6, 6.07) is 19.8. The predicted octanol–water partition coefficient (Wildman–Crippen LogP) is 4.15. The Labute approximate surface area is 161 Å². The third-order valence-electron chi connectivity index (χ3n) is 4.26. The second-order valence-electron chi connectivity index (χ2n) is 6.45. The van der Waals surface area contributed by atoms with Gasteiger partial charge in [-0.15, -0.1) is 0 Å². The molecule has 0 saturated carbocycles. The molecule has 2 aromatic carbocycles. The predicted molar refractivity (Wildman–Crippen MR) is 109 cm³/mol. The van der Waals surface area contributed by atoms with E-state index >= 15 is 0 Å². The van der Waals surface area contributed by atoms with Crippen LogP contribution in [0.2, 0.25) is 0 Å². The summed E-state index contributed by atoms with van der Waals surface area (Å²) in [7, 11) is 0. The molecule has 0 radical (unpaired) electrons. The summed E-state index contributed by atoms with van der Waals surface area (Å²) in [5.74, 6) is -0.521. The number of pyridine rings is 1. The molecule has 4 rings (SSSR count). The highest BCUT2D eigenvalue weighted by molar-refractivity contribution is 6.06. The molecule has 4 aromatic rings. The zero-order valence-corrected chi connectivity index (χ0v) is 15.2. The molecule has 2 amide bonds. The molecule has 2 aromatic heterocycles. The van der Waals surface area contributed by atoms with Crippen LogP contribution in [-0.2, 0) is 0 Å². The first-order chi connectivity index (χ1) is 13.6. The van der Waals surface area contributed by atoms with Crippen LogP contribution in [0.15, 0.2) is 79.1 Å². The third-order valence-corrected chi connectivity index (χ3v) is 4.26. The summed E-state index contributed by atoms with van der Waals surface area (Å²) >= 11 is 0. The summed E-state index contributed by atoms with van der Waals surface area (Å²) in [4.78, 5) is 29.2. The summed E-state index contributed by atoms with van der Waals surface area (Å²) in [5.41, 5.74) is 3.85. The van der Waals surface area contributed by atoms with Crippen LogP contribution < -0.4 is 10.6 Å². The number of carbonyl (C=O) groups is 2. The number of rotatable bonds is 4. The quantitative estimate of drug-likeness (QED) is 0.567. The Morgan fingerprint density at radius 1 is 0.857 bits per heavy atom. The number of aryl methyl sites for hydroxylation is 1. The van der Waals surface area contributed by atoms with Crippen LogP contribution in [-0.4, -0.2) is 21.2 Å². The van der Waals surface area contributed by atoms with Crippen molar-refractivity contribution in [3.8, 4) is 0 Å². The third kappa shape index (κ3) is 3.76. The van der Waals surface area contributed by atoms with Crippen LogP contribution in [0.25, 0.3) is 5.65 Å². The molecule has 0 aliphatic carbocycles. The van der Waals surface area contributed by atoms with E-state index in [1.807, 2.05) is 43.5 Å². The van der Waals surface area contributed by atoms with Crippen LogP contribution in [0, 0.1) is 6.92 Å². The van der Waals surface area contributed by atoms with E-state index in [2.05, 4.69) is 15.6 Å². The summed E-state index contributed by atoms with van der Waals surface area (Å²) < 4.78 is 1.80. The topological polar surface area (TPSA) is 75.5 Å². The minimum absolute atomic E-state index is 0.209. The lowest BCUT2D eigenvalue weighted by molar-refractivity contribution is 0.101. The molecule has 0 bridgehead atoms. The number of nitrogens with zero attached hydrogens (tertiary/aromatic N) is 2. The molecule has 138 valence electrons. The average Bonchev–Trinajstić information content (AvgIpc) is 3.12. The van der Waals surface area contributed by atoms with Gasteiger partial charge < -0.3 is 15.0 Å². The minimum Gasteiger partial charge on any atom is -0.322 e. The standard InChI is InChI=1S/C22H18N4O2/c1-15-10-11-26-14-19(25-20(26)12-15)22(28)24-18-9-5-8-17(13-18)23-21(27)16-6-3-2-4-7-16/h2-14H,1H3,(H,23,27)(H,24,28). The van der Waals surface area contributed by atoms with Crippen molar-refractivity contribution >= 4 is 28.8 Å². The van der Waals surface area contributed by atoms with Crippen molar-refractivity contribution in [3.63, 3.8) is 0 Å². The largest absolute Gasteiger partial charge is 0.322 e. The molecule has 0 fully saturated rings. The second-order valence-corrected chi connectivity index (χ2v) is 6.45. The molecule has 2 heterocycles. The Hall–Kier alpha value is -3.93. The molecule has 0 atom stereocenters. The van der Waals surface area contributed by atoms with E-state index in [9.17, 15) is 9.59 Å². The fraction of sp³-hybridized carbons (Fsp3) is 0.0455. The maximum absolute atomic E-state index is 12.5. The first-order valence-corrected chi connectivity index (χ1v) is 8.82. The van der Waals surface area contributed by atoms with E-state index in [1.54, 1.807) is 47.0 Å². The molecule has 0 unspecified atom stereocenters. The minimum atomic E-state index is -0.312. The van der Waals surface area contributed by atoms with Gasteiger partial charge in [-0.25, -0.2) is 4.98 Å². The van der Waals surface area contributed by atoms with E-state index in [4.69, 9.17) is 0 Å². The SMILES string of the molecule is Cc1ccn2cc(C(=O)Nc3cccc(NC(=O)c4ccccc4)c3)nc2c1. The fourth-order valence-corrected chi connectivity index (χ4v) is 2.86. The van der Waals surface area contributed by atoms with Crippen LogP contribution in [0.1, 0.15) is 26.4 Å². The summed E-state index contributed by atoms with van der Waals surface area (Å²) in [6.45, 7) is 1.98. The average molecular weight is 370 g/mol. The lowest BCUT2D eigenvalue weighted by Gasteiger charge is -2.08. The molecule has 0 saturated heterocycles. The monoisotopic (exact) mass is 370 g/mol. The molecule has 0 spiro atoms. The van der Waals surface area contributed by atoms with Gasteiger partial charge in [0.05, 0.1) is 0 Å². The lowest BCUT2D eigenvalue weighted by atomic mass is 10.2. The van der Waals surface area contributed by atoms with E-state index in [0.29, 0.717) is 28.3 Å². The van der Waals surface area contributed by atoms with Crippen LogP contribution >= 0.6 is 0 Å². The maximum Gasteiger partial charge on any atom is 0.275 e. The van der Waals surface area contributed by atoms with Gasteiger partial charge in [0.1, 0.15) is 11.3 Å². The molecule has 0 aliphatic heterocycles. The molecule has 28 heavy (non-hydrogen) atoms. The number of nitrogens with one attached hydrogen (secondary N) is 2. The van der Waals surface area contributed by atoms with Crippen LogP contribution in [0.4, 0.5) is 11.4 Å². The fourth-order valence-electron chi connectivity index (χ4n) is 2.86. The van der Waals surface area contributed by atoms with Gasteiger partial charge in [0, 0.05) is 29.3 Å². The van der Waals surface area contributed by atoms with Crippen molar-refractivity contribution in [2.45, 2.75) is 6.92 Å². The molecular weight excluding hydrogens is 352 g/mol. The zero-order chi connectivity index (χ0) is 19.5. The normalized spacial score (nSPS) is 10.6. The Morgan fingerprint density at radius 3 is 2.32 bits per heavy atom. The second kappa shape index (κ2) is 7.36. The van der Waals surface area contributed by atoms with E-state index in [1.165, 1.54) is 0 Å². The van der Waals surface area contributed by atoms with E-state index < -0.39 is 0 Å². The number of aromatic nitrogens is 2. The number of anilines is 2. The van der Waals surface area contributed by atoms with E-state index in [0.717, 1.165) is 5.56 Å². The summed E-state index contributed by atoms with van der Waals surface area (Å²) in [5, 5.41) is 5.65. The van der Waals surface area contributed by atoms with Crippen molar-refractivity contribution in [2.75, 3.05) is 10.6 Å². The highest BCUT2D eigenvalue weighted by atomic mass is 16.2. The molecule has 0 aliphatic rings. The number of amides is 2. The zero-order valence-electron chi connectivity index (χ0n) is 15.2. The smallest absolute Gasteiger partial charge is 0.275 e. The van der Waals surface area contributed by atoms with Crippen molar-refractivity contribution in [2.24, 2.45) is 0 Å². The van der Waals surface area contributed by atoms with Crippen molar-refractivity contribution in [1.29, 1.82) is 0 Å². The molecule has 6 heteroatoms. The Kier molecular flexibility index (Phi) is 4.60. The van der Waals surface area contributed by atoms with Crippen molar-refractivity contribution in [1.82, 2.24) is 9.38 Å². The van der Waals surface area contributed by atoms with Crippen LogP contribution in [0.5, 0.6) is 0 Å². The number of imidazole rings is 1. The summed E-state index contributed by atoms with van der Waals surface area (Å²) in [6.07, 6.45) is 3.55. The number of hydrogen-bond acceptors (Lipinski definition) is 3. The Balaban J connectivity index is 1.49. The van der Waals surface area contributed by atoms with Crippen molar-refractivity contribution < 1.29 is 9.59 Å². The van der Waals surface area contributed by atoms with Gasteiger partial charge in [-0.05, 0) is 55.0 Å². The highest BCUT2D eigenvalue weighted by Gasteiger charge is 2.12. The first kappa shape index (κ1) is 17.5. The van der Waals surface area contributed by atoms with Gasteiger partial charge in [-0.3, -0.25) is 9.59 Å². The number of fused-ring (bicyclic) bond motifs is 1. The molecule has 6 nitrogen and oxygen atoms in total. The van der Waals surface area contributed by atoms with Gasteiger partial charge in [-0.1, -0.05) is 24.3 Å². The Bertz CT molecular complexity index is 1170. The highest BCUT2D eigenvalue weighted by Crippen LogP contribution is 2.17. The number of hydrogen-bond donors (Lipinski definition) is 2. The van der Waals surface area contributed by atoms with Crippen LogP contribution in [0.3, 0.4) is 0 Å². The Morgan fingerprint density at radius 2 is 1.57 bits per heavy atom. The van der Waals surface area contributed by atoms with Crippen molar-refractivity contribution in [3.05, 3.63) is 95.9 Å². The first-order valence-electron chi connectivity index (χ1n) is 8.82. The van der Waals surface area contributed by atoms with E-state index in [-0.39, 0.29) is 11.8 Å². The maximum atomic E-state index is 12.5. The van der Waals surface area contributed by atoms with Gasteiger partial charge in [0.15, 0.2) is 0 Å². The molecular formula is C22H18N4O2. The van der Waals surface area contributed by atoms with Gasteiger partial charge in [-0.2, -0.15) is 0 Å².